The number of hydrogen-bond donors (Lipinski definition) is 1. The summed E-state index contributed by atoms with van der Waals surface area (Å²) >= 11 is 0. The van der Waals surface area contributed by atoms with E-state index in [1.54, 1.807) is 24.3 Å². The average molecular weight is 361 g/mol. The quantitative estimate of drug-likeness (QED) is 0.802. The summed E-state index contributed by atoms with van der Waals surface area (Å²) in [5.74, 6) is -0.597. The number of esters is 1. The molecule has 0 aliphatic rings. The normalized spacial score (nSPS) is 12.6. The molecule has 134 valence electrons. The van der Waals surface area contributed by atoms with Gasteiger partial charge in [0.2, 0.25) is 10.0 Å². The van der Waals surface area contributed by atoms with Gasteiger partial charge in [-0.25, -0.2) is 17.9 Å². The molecule has 0 spiro atoms. The molecule has 0 fully saturated rings. The maximum absolute atomic E-state index is 12.5. The van der Waals surface area contributed by atoms with Crippen molar-refractivity contribution in [2.45, 2.75) is 32.6 Å². The minimum Gasteiger partial charge on any atom is -0.465 e. The maximum Gasteiger partial charge on any atom is 0.337 e. The molecular formula is C19H23NO4S. The Balaban J connectivity index is 2.11. The van der Waals surface area contributed by atoms with Crippen molar-refractivity contribution in [2.24, 2.45) is 0 Å². The highest BCUT2D eigenvalue weighted by Gasteiger charge is 2.18. The Labute approximate surface area is 149 Å². The van der Waals surface area contributed by atoms with Gasteiger partial charge >= 0.3 is 5.97 Å². The van der Waals surface area contributed by atoms with Crippen LogP contribution in [0.5, 0.6) is 0 Å². The van der Waals surface area contributed by atoms with Crippen LogP contribution in [0.1, 0.15) is 45.6 Å². The number of rotatable bonds is 6. The summed E-state index contributed by atoms with van der Waals surface area (Å²) in [7, 11) is -2.21. The predicted octanol–water partition coefficient (Wildman–Crippen LogP) is 3.27. The van der Waals surface area contributed by atoms with Gasteiger partial charge in [0, 0.05) is 6.04 Å². The van der Waals surface area contributed by atoms with Gasteiger partial charge in [-0.2, -0.15) is 0 Å². The van der Waals surface area contributed by atoms with E-state index in [-0.39, 0.29) is 11.8 Å². The van der Waals surface area contributed by atoms with Crippen LogP contribution in [0.25, 0.3) is 0 Å². The average Bonchev–Trinajstić information content (AvgIpc) is 2.56. The zero-order valence-corrected chi connectivity index (χ0v) is 15.7. The van der Waals surface area contributed by atoms with E-state index in [2.05, 4.69) is 9.46 Å². The lowest BCUT2D eigenvalue weighted by atomic mass is 10.0. The van der Waals surface area contributed by atoms with Crippen molar-refractivity contribution in [1.29, 1.82) is 0 Å². The SMILES string of the molecule is COC(=O)c1ccc(CS(=O)(=O)N[C@H](C)c2cc(C)ccc2C)cc1. The molecule has 5 nitrogen and oxygen atoms in total. The Morgan fingerprint density at radius 2 is 1.76 bits per heavy atom. The number of benzene rings is 2. The molecule has 6 heteroatoms. The molecular weight excluding hydrogens is 338 g/mol. The van der Waals surface area contributed by atoms with E-state index in [1.807, 2.05) is 39.0 Å². The first-order valence-electron chi connectivity index (χ1n) is 7.96. The van der Waals surface area contributed by atoms with Crippen molar-refractivity contribution in [3.8, 4) is 0 Å². The van der Waals surface area contributed by atoms with Gasteiger partial charge in [0.25, 0.3) is 0 Å². The largest absolute Gasteiger partial charge is 0.465 e. The molecule has 2 rings (SSSR count). The third-order valence-corrected chi connectivity index (χ3v) is 5.42. The van der Waals surface area contributed by atoms with Gasteiger partial charge in [-0.15, -0.1) is 0 Å². The second-order valence-corrected chi connectivity index (χ2v) is 7.90. The summed E-state index contributed by atoms with van der Waals surface area (Å²) in [5.41, 5.74) is 4.09. The molecule has 0 radical (unpaired) electrons. The van der Waals surface area contributed by atoms with E-state index in [1.165, 1.54) is 7.11 Å². The van der Waals surface area contributed by atoms with E-state index < -0.39 is 16.0 Å². The maximum atomic E-state index is 12.5. The number of aryl methyl sites for hydroxylation is 2. The van der Waals surface area contributed by atoms with Crippen LogP contribution < -0.4 is 4.72 Å². The van der Waals surface area contributed by atoms with Crippen molar-refractivity contribution in [2.75, 3.05) is 7.11 Å². The Bertz CT molecular complexity index is 857. The molecule has 1 N–H and O–H groups in total. The van der Waals surface area contributed by atoms with Gasteiger partial charge < -0.3 is 4.74 Å². The lowest BCUT2D eigenvalue weighted by molar-refractivity contribution is 0.0600. The van der Waals surface area contributed by atoms with Crippen LogP contribution in [0.4, 0.5) is 0 Å². The molecule has 0 unspecified atom stereocenters. The summed E-state index contributed by atoms with van der Waals surface area (Å²) < 4.78 is 32.3. The van der Waals surface area contributed by atoms with E-state index in [0.29, 0.717) is 11.1 Å². The first kappa shape index (κ1) is 19.1. The van der Waals surface area contributed by atoms with E-state index >= 15 is 0 Å². The van der Waals surface area contributed by atoms with Crippen molar-refractivity contribution in [3.63, 3.8) is 0 Å². The van der Waals surface area contributed by atoms with Crippen molar-refractivity contribution >= 4 is 16.0 Å². The summed E-state index contributed by atoms with van der Waals surface area (Å²) in [6, 6.07) is 12.0. The van der Waals surface area contributed by atoms with Gasteiger partial charge in [0.05, 0.1) is 18.4 Å². The Hall–Kier alpha value is -2.18. The molecule has 2 aromatic carbocycles. The minimum absolute atomic E-state index is 0.149. The van der Waals surface area contributed by atoms with E-state index in [4.69, 9.17) is 0 Å². The van der Waals surface area contributed by atoms with Gasteiger partial charge in [0.1, 0.15) is 0 Å². The summed E-state index contributed by atoms with van der Waals surface area (Å²) in [5, 5.41) is 0. The molecule has 0 aliphatic carbocycles. The first-order valence-corrected chi connectivity index (χ1v) is 9.61. The standard InChI is InChI=1S/C19H23NO4S/c1-13-5-6-14(2)18(11-13)15(3)20-25(22,23)12-16-7-9-17(10-8-16)19(21)24-4/h5-11,15,20H,12H2,1-4H3/t15-/m1/s1. The van der Waals surface area contributed by atoms with Gasteiger partial charge in [-0.1, -0.05) is 35.9 Å². The van der Waals surface area contributed by atoms with Crippen LogP contribution in [-0.2, 0) is 20.5 Å². The zero-order valence-electron chi connectivity index (χ0n) is 14.9. The van der Waals surface area contributed by atoms with Crippen LogP contribution in [0.3, 0.4) is 0 Å². The molecule has 0 heterocycles. The third-order valence-electron chi connectivity index (χ3n) is 3.99. The molecule has 1 atom stereocenters. The number of sulfonamides is 1. The third kappa shape index (κ3) is 5.14. The predicted molar refractivity (Wildman–Crippen MR) is 97.9 cm³/mol. The lowest BCUT2D eigenvalue weighted by Crippen LogP contribution is -2.28. The molecule has 0 amide bonds. The molecule has 0 bridgehead atoms. The Kier molecular flexibility index (Phi) is 5.98. The molecule has 25 heavy (non-hydrogen) atoms. The topological polar surface area (TPSA) is 72.5 Å². The molecule has 0 aromatic heterocycles. The van der Waals surface area contributed by atoms with E-state index in [9.17, 15) is 13.2 Å². The highest BCUT2D eigenvalue weighted by atomic mass is 32.2. The Morgan fingerprint density at radius 3 is 2.36 bits per heavy atom. The van der Waals surface area contributed by atoms with Crippen LogP contribution in [0.2, 0.25) is 0 Å². The number of carbonyl (C=O) groups excluding carboxylic acids is 1. The van der Waals surface area contributed by atoms with Crippen LogP contribution in [0, 0.1) is 13.8 Å². The summed E-state index contributed by atoms with van der Waals surface area (Å²) in [6.07, 6.45) is 0. The second kappa shape index (κ2) is 7.80. The van der Waals surface area contributed by atoms with Crippen molar-refractivity contribution in [1.82, 2.24) is 4.72 Å². The fourth-order valence-electron chi connectivity index (χ4n) is 2.68. The molecule has 0 aliphatic heterocycles. The molecule has 0 saturated carbocycles. The smallest absolute Gasteiger partial charge is 0.337 e. The fraction of sp³-hybridized carbons (Fsp3) is 0.316. The number of carbonyl (C=O) groups is 1. The highest BCUT2D eigenvalue weighted by molar-refractivity contribution is 7.88. The number of nitrogens with one attached hydrogen (secondary N) is 1. The Morgan fingerprint density at radius 1 is 1.12 bits per heavy atom. The molecule has 0 saturated heterocycles. The van der Waals surface area contributed by atoms with Crippen LogP contribution in [-0.4, -0.2) is 21.5 Å². The second-order valence-electron chi connectivity index (χ2n) is 6.15. The first-order chi connectivity index (χ1) is 11.7. The van der Waals surface area contributed by atoms with Gasteiger partial charge in [-0.3, -0.25) is 0 Å². The molecule has 2 aromatic rings. The zero-order chi connectivity index (χ0) is 18.6. The number of ether oxygens (including phenoxy) is 1. The van der Waals surface area contributed by atoms with Crippen LogP contribution >= 0.6 is 0 Å². The summed E-state index contributed by atoms with van der Waals surface area (Å²) in [6.45, 7) is 5.78. The number of hydrogen-bond acceptors (Lipinski definition) is 4. The van der Waals surface area contributed by atoms with Gasteiger partial charge in [0.15, 0.2) is 0 Å². The van der Waals surface area contributed by atoms with Crippen molar-refractivity contribution < 1.29 is 17.9 Å². The highest BCUT2D eigenvalue weighted by Crippen LogP contribution is 2.20. The van der Waals surface area contributed by atoms with E-state index in [0.717, 1.165) is 16.7 Å². The van der Waals surface area contributed by atoms with Crippen LogP contribution in [0.15, 0.2) is 42.5 Å². The minimum atomic E-state index is -3.52. The lowest BCUT2D eigenvalue weighted by Gasteiger charge is -2.17. The monoisotopic (exact) mass is 361 g/mol. The number of methoxy groups -OCH3 is 1. The van der Waals surface area contributed by atoms with Crippen molar-refractivity contribution in [3.05, 3.63) is 70.3 Å². The fourth-order valence-corrected chi connectivity index (χ4v) is 4.06. The van der Waals surface area contributed by atoms with Gasteiger partial charge in [-0.05, 0) is 49.6 Å². The summed E-state index contributed by atoms with van der Waals surface area (Å²) in [4.78, 5) is 11.4.